The van der Waals surface area contributed by atoms with Gasteiger partial charge in [-0.15, -0.1) is 0 Å². The zero-order valence-electron chi connectivity index (χ0n) is 13.2. The van der Waals surface area contributed by atoms with Crippen molar-refractivity contribution < 1.29 is 9.53 Å². The molecule has 0 bridgehead atoms. The van der Waals surface area contributed by atoms with Crippen LogP contribution in [0, 0.1) is 0 Å². The van der Waals surface area contributed by atoms with E-state index in [0.29, 0.717) is 0 Å². The van der Waals surface area contributed by atoms with Crippen molar-refractivity contribution in [3.05, 3.63) is 0 Å². The number of hydrogen-bond donors (Lipinski definition) is 2. The Morgan fingerprint density at radius 3 is 2.16 bits per heavy atom. The second-order valence-corrected chi connectivity index (χ2v) is 9.26. The fraction of sp³-hybridized carbons (Fsp3) is 0.929. The lowest BCUT2D eigenvalue weighted by atomic mass is 9.75. The summed E-state index contributed by atoms with van der Waals surface area (Å²) in [7, 11) is 0. The molecule has 0 aliphatic heterocycles. The third-order valence-corrected chi connectivity index (χ3v) is 3.93. The van der Waals surface area contributed by atoms with E-state index >= 15 is 0 Å². The highest BCUT2D eigenvalue weighted by Gasteiger charge is 2.42. The SMILES string of the molecule is CC1(NSC(C)(C)C)CC(NC(=O)OC(C)(C)C)C1. The summed E-state index contributed by atoms with van der Waals surface area (Å²) in [4.78, 5) is 11.6. The van der Waals surface area contributed by atoms with Crippen LogP contribution < -0.4 is 10.0 Å². The van der Waals surface area contributed by atoms with E-state index in [9.17, 15) is 4.79 Å². The summed E-state index contributed by atoms with van der Waals surface area (Å²) in [6, 6.07) is 0.216. The first-order chi connectivity index (χ1) is 8.39. The van der Waals surface area contributed by atoms with Crippen molar-refractivity contribution in [1.29, 1.82) is 0 Å². The number of alkyl carbamates (subject to hydrolysis) is 1. The average molecular weight is 288 g/mol. The van der Waals surface area contributed by atoms with Crippen LogP contribution in [0.5, 0.6) is 0 Å². The summed E-state index contributed by atoms with van der Waals surface area (Å²) >= 11 is 1.75. The van der Waals surface area contributed by atoms with Crippen molar-refractivity contribution in [2.45, 2.75) is 83.2 Å². The fourth-order valence-corrected chi connectivity index (χ4v) is 2.68. The van der Waals surface area contributed by atoms with Gasteiger partial charge in [0, 0.05) is 16.3 Å². The molecular formula is C14H28N2O2S. The van der Waals surface area contributed by atoms with Crippen LogP contribution in [0.25, 0.3) is 0 Å². The van der Waals surface area contributed by atoms with Crippen molar-refractivity contribution in [2.75, 3.05) is 0 Å². The van der Waals surface area contributed by atoms with Crippen LogP contribution in [-0.4, -0.2) is 28.0 Å². The molecule has 0 spiro atoms. The molecule has 0 radical (unpaired) electrons. The van der Waals surface area contributed by atoms with E-state index in [-0.39, 0.29) is 22.4 Å². The highest BCUT2D eigenvalue weighted by Crippen LogP contribution is 2.36. The van der Waals surface area contributed by atoms with Crippen LogP contribution in [0.4, 0.5) is 4.79 Å². The number of nitrogens with one attached hydrogen (secondary N) is 2. The van der Waals surface area contributed by atoms with Crippen LogP contribution in [0.1, 0.15) is 61.3 Å². The number of carbonyl (C=O) groups excluding carboxylic acids is 1. The lowest BCUT2D eigenvalue weighted by molar-refractivity contribution is 0.0437. The predicted octanol–water partition coefficient (Wildman–Crippen LogP) is 3.47. The molecule has 4 nitrogen and oxygen atoms in total. The van der Waals surface area contributed by atoms with Gasteiger partial charge in [-0.1, -0.05) is 11.9 Å². The number of carbonyl (C=O) groups is 1. The Morgan fingerprint density at radius 2 is 1.74 bits per heavy atom. The molecule has 1 rings (SSSR count). The Balaban J connectivity index is 2.27. The fourth-order valence-electron chi connectivity index (χ4n) is 1.96. The van der Waals surface area contributed by atoms with Crippen molar-refractivity contribution >= 4 is 18.0 Å². The number of ether oxygens (including phenoxy) is 1. The van der Waals surface area contributed by atoms with Gasteiger partial charge < -0.3 is 10.1 Å². The van der Waals surface area contributed by atoms with Crippen LogP contribution in [-0.2, 0) is 4.74 Å². The lowest BCUT2D eigenvalue weighted by Gasteiger charge is -2.46. The van der Waals surface area contributed by atoms with Crippen LogP contribution >= 0.6 is 11.9 Å². The highest BCUT2D eigenvalue weighted by atomic mass is 32.2. The smallest absolute Gasteiger partial charge is 0.407 e. The van der Waals surface area contributed by atoms with E-state index in [1.54, 1.807) is 11.9 Å². The van der Waals surface area contributed by atoms with Crippen LogP contribution in [0.2, 0.25) is 0 Å². The molecule has 1 aliphatic rings. The Morgan fingerprint density at radius 1 is 1.21 bits per heavy atom. The number of amides is 1. The van der Waals surface area contributed by atoms with E-state index in [1.807, 2.05) is 20.8 Å². The molecule has 0 saturated heterocycles. The quantitative estimate of drug-likeness (QED) is 0.781. The van der Waals surface area contributed by atoms with E-state index in [0.717, 1.165) is 12.8 Å². The van der Waals surface area contributed by atoms with Crippen molar-refractivity contribution in [2.24, 2.45) is 0 Å². The molecule has 2 N–H and O–H groups in total. The summed E-state index contributed by atoms with van der Waals surface area (Å²) in [5.74, 6) is 0. The average Bonchev–Trinajstić information content (AvgIpc) is 2.07. The van der Waals surface area contributed by atoms with Gasteiger partial charge in [0.25, 0.3) is 0 Å². The molecule has 0 unspecified atom stereocenters. The normalized spacial score (nSPS) is 27.6. The molecule has 0 heterocycles. The molecule has 112 valence electrons. The molecule has 19 heavy (non-hydrogen) atoms. The molecule has 1 amide bonds. The molecule has 0 aromatic rings. The largest absolute Gasteiger partial charge is 0.444 e. The molecule has 0 aromatic heterocycles. The summed E-state index contributed by atoms with van der Waals surface area (Å²) in [6.07, 6.45) is 1.56. The third-order valence-electron chi connectivity index (χ3n) is 2.72. The summed E-state index contributed by atoms with van der Waals surface area (Å²) < 4.78 is 8.96. The zero-order valence-corrected chi connectivity index (χ0v) is 14.0. The molecule has 1 fully saturated rings. The monoisotopic (exact) mass is 288 g/mol. The van der Waals surface area contributed by atoms with E-state index < -0.39 is 5.60 Å². The number of hydrogen-bond acceptors (Lipinski definition) is 4. The lowest BCUT2D eigenvalue weighted by Crippen LogP contribution is -2.59. The van der Waals surface area contributed by atoms with Gasteiger partial charge in [-0.05, 0) is 61.3 Å². The van der Waals surface area contributed by atoms with Crippen molar-refractivity contribution in [3.8, 4) is 0 Å². The van der Waals surface area contributed by atoms with E-state index in [4.69, 9.17) is 4.74 Å². The van der Waals surface area contributed by atoms with Crippen molar-refractivity contribution in [3.63, 3.8) is 0 Å². The van der Waals surface area contributed by atoms with Gasteiger partial charge in [-0.25, -0.2) is 4.79 Å². The minimum atomic E-state index is -0.433. The van der Waals surface area contributed by atoms with Gasteiger partial charge in [0.1, 0.15) is 5.60 Å². The molecule has 5 heteroatoms. The van der Waals surface area contributed by atoms with E-state index in [2.05, 4.69) is 37.7 Å². The predicted molar refractivity (Wildman–Crippen MR) is 81.3 cm³/mol. The standard InChI is InChI=1S/C14H28N2O2S/c1-12(2,3)18-11(17)15-10-8-14(7,9-10)16-19-13(4,5)6/h10,16H,8-9H2,1-7H3,(H,15,17). The first-order valence-electron chi connectivity index (χ1n) is 6.83. The Bertz CT molecular complexity index is 325. The van der Waals surface area contributed by atoms with Crippen molar-refractivity contribution in [1.82, 2.24) is 10.0 Å². The van der Waals surface area contributed by atoms with Gasteiger partial charge in [0.05, 0.1) is 0 Å². The molecule has 0 aromatic carbocycles. The van der Waals surface area contributed by atoms with Gasteiger partial charge >= 0.3 is 6.09 Å². The van der Waals surface area contributed by atoms with Gasteiger partial charge in [-0.3, -0.25) is 4.72 Å². The molecular weight excluding hydrogens is 260 g/mol. The Labute approximate surface area is 121 Å². The van der Waals surface area contributed by atoms with Crippen LogP contribution in [0.15, 0.2) is 0 Å². The maximum absolute atomic E-state index is 11.6. The van der Waals surface area contributed by atoms with Gasteiger partial charge in [-0.2, -0.15) is 0 Å². The first-order valence-corrected chi connectivity index (χ1v) is 7.65. The maximum atomic E-state index is 11.6. The minimum Gasteiger partial charge on any atom is -0.444 e. The summed E-state index contributed by atoms with van der Waals surface area (Å²) in [5.41, 5.74) is -0.324. The Hall–Kier alpha value is -0.420. The highest BCUT2D eigenvalue weighted by molar-refractivity contribution is 7.98. The summed E-state index contributed by atoms with van der Waals surface area (Å²) in [5, 5.41) is 2.91. The topological polar surface area (TPSA) is 50.4 Å². The number of rotatable bonds is 3. The zero-order chi connectivity index (χ0) is 14.9. The van der Waals surface area contributed by atoms with Gasteiger partial charge in [0.15, 0.2) is 0 Å². The Kier molecular flexibility index (Phi) is 4.84. The van der Waals surface area contributed by atoms with Crippen LogP contribution in [0.3, 0.4) is 0 Å². The summed E-state index contributed by atoms with van der Waals surface area (Å²) in [6.45, 7) is 14.4. The second-order valence-electron chi connectivity index (χ2n) is 7.63. The van der Waals surface area contributed by atoms with Gasteiger partial charge in [0.2, 0.25) is 0 Å². The first kappa shape index (κ1) is 16.6. The minimum absolute atomic E-state index is 0.109. The molecule has 1 saturated carbocycles. The molecule has 1 aliphatic carbocycles. The maximum Gasteiger partial charge on any atom is 0.407 e. The second kappa shape index (κ2) is 5.52. The van der Waals surface area contributed by atoms with E-state index in [1.165, 1.54) is 0 Å². The third kappa shape index (κ3) is 6.52. The molecule has 0 atom stereocenters.